The van der Waals surface area contributed by atoms with Gasteiger partial charge in [0.25, 0.3) is 0 Å². The monoisotopic (exact) mass is 1350 g/mol. The summed E-state index contributed by atoms with van der Waals surface area (Å²) >= 11 is 5.99. The van der Waals surface area contributed by atoms with E-state index in [1.165, 1.54) is 53.9 Å². The Hall–Kier alpha value is -13.0. The number of halogens is 1. The number of para-hydroxylation sites is 2. The standard InChI is InChI=1S/C45H27N3O.C30H19BO3.C15H10ClN3.CH4/c1-3-12-29(13-4-1)43-46-44(30-14-5-2-6-15-30)48-45(47-43)31-24-22-28(23-25-31)32-20-11-21-38-39-27-26-37-35-18-8-7-16-33(35)34-17-9-10-19-36(34)40(37)42(39)49-41(32)38;32-31(33)19-14-12-18(13-15-19)20-10-5-11-26-27-17-16-25-23-8-2-1-6-21(23)22-7-3-4-9-24(22)28(25)30(27)34-29(20)26;16-15-18-13(11-7-3-1-4-8-11)17-14(19-15)12-9-5-2-6-10-12;/h1-27H;1-17,32-33H;1-10H;1H4. The van der Waals surface area contributed by atoms with Crippen LogP contribution in [-0.4, -0.2) is 47.1 Å². The van der Waals surface area contributed by atoms with Crippen molar-refractivity contribution in [1.29, 1.82) is 0 Å². The Labute approximate surface area is 597 Å². The summed E-state index contributed by atoms with van der Waals surface area (Å²) in [6.07, 6.45) is 0. The number of furan rings is 2. The molecule has 0 aliphatic carbocycles. The molecule has 0 aliphatic rings. The lowest BCUT2D eigenvalue weighted by Crippen LogP contribution is -2.29. The van der Waals surface area contributed by atoms with Gasteiger partial charge >= 0.3 is 7.12 Å². The number of aromatic nitrogens is 6. The largest absolute Gasteiger partial charge is 0.488 e. The lowest BCUT2D eigenvalue weighted by atomic mass is 9.80. The van der Waals surface area contributed by atoms with Crippen LogP contribution >= 0.6 is 11.6 Å². The van der Waals surface area contributed by atoms with Crippen LogP contribution < -0.4 is 5.46 Å². The maximum absolute atomic E-state index is 9.45. The zero-order valence-corrected chi connectivity index (χ0v) is 55.3. The first-order chi connectivity index (χ1) is 50.3. The van der Waals surface area contributed by atoms with Gasteiger partial charge in [0.15, 0.2) is 29.1 Å². The van der Waals surface area contributed by atoms with E-state index in [0.29, 0.717) is 34.6 Å². The van der Waals surface area contributed by atoms with E-state index in [2.05, 4.69) is 185 Å². The molecular formula is C91H60BClN6O4. The summed E-state index contributed by atoms with van der Waals surface area (Å²) in [6.45, 7) is 0. The van der Waals surface area contributed by atoms with Crippen molar-refractivity contribution < 1.29 is 18.9 Å². The fourth-order valence-electron chi connectivity index (χ4n) is 14.3. The van der Waals surface area contributed by atoms with Crippen molar-refractivity contribution in [1.82, 2.24) is 29.9 Å². The molecule has 20 rings (SSSR count). The molecule has 2 N–H and O–H groups in total. The second kappa shape index (κ2) is 26.9. The van der Waals surface area contributed by atoms with Gasteiger partial charge in [-0.3, -0.25) is 0 Å². The second-order valence-corrected chi connectivity index (χ2v) is 25.4. The molecule has 0 saturated heterocycles. The molecule has 0 radical (unpaired) electrons. The van der Waals surface area contributed by atoms with Gasteiger partial charge in [0.1, 0.15) is 22.3 Å². The zero-order valence-electron chi connectivity index (χ0n) is 54.5. The van der Waals surface area contributed by atoms with Gasteiger partial charge in [0.2, 0.25) is 5.28 Å². The molecule has 0 amide bonds. The lowest BCUT2D eigenvalue weighted by molar-refractivity contribution is 0.426. The quantitative estimate of drug-likeness (QED) is 0.111. The zero-order chi connectivity index (χ0) is 68.2. The van der Waals surface area contributed by atoms with Crippen LogP contribution in [0.1, 0.15) is 7.43 Å². The Morgan fingerprint density at radius 3 is 0.806 bits per heavy atom. The average Bonchev–Trinajstić information content (AvgIpc) is 1.67. The van der Waals surface area contributed by atoms with Gasteiger partial charge in [-0.15, -0.1) is 0 Å². The molecule has 20 aromatic rings. The molecule has 16 aromatic carbocycles. The normalized spacial score (nSPS) is 11.4. The van der Waals surface area contributed by atoms with Crippen molar-refractivity contribution in [3.63, 3.8) is 0 Å². The van der Waals surface area contributed by atoms with Crippen molar-refractivity contribution in [2.45, 2.75) is 7.43 Å². The van der Waals surface area contributed by atoms with E-state index in [1.807, 2.05) is 146 Å². The lowest BCUT2D eigenvalue weighted by Gasteiger charge is -2.10. The molecule has 488 valence electrons. The molecular weight excluding hydrogens is 1290 g/mol. The van der Waals surface area contributed by atoms with Gasteiger partial charge in [-0.05, 0) is 94.2 Å². The van der Waals surface area contributed by atoms with Gasteiger partial charge in [0.05, 0.1) is 0 Å². The van der Waals surface area contributed by atoms with Crippen LogP contribution in [0.3, 0.4) is 0 Å². The summed E-state index contributed by atoms with van der Waals surface area (Å²) in [5, 5.41) is 38.0. The topological polar surface area (TPSA) is 144 Å². The van der Waals surface area contributed by atoms with Gasteiger partial charge in [0, 0.05) is 71.3 Å². The van der Waals surface area contributed by atoms with Crippen molar-refractivity contribution >= 4 is 133 Å². The first kappa shape index (κ1) is 63.4. The number of hydrogen-bond donors (Lipinski definition) is 2. The molecule has 103 heavy (non-hydrogen) atoms. The number of fused-ring (bicyclic) bond motifs is 20. The van der Waals surface area contributed by atoms with Crippen LogP contribution in [0.15, 0.2) is 336 Å². The molecule has 0 bridgehead atoms. The van der Waals surface area contributed by atoms with Crippen molar-refractivity contribution in [3.05, 3.63) is 333 Å². The maximum Gasteiger partial charge on any atom is 0.488 e. The Balaban J connectivity index is 0.000000126. The maximum atomic E-state index is 9.45. The fraction of sp³-hybridized carbons (Fsp3) is 0.0110. The fourth-order valence-corrected chi connectivity index (χ4v) is 14.5. The third-order valence-corrected chi connectivity index (χ3v) is 19.3. The van der Waals surface area contributed by atoms with Gasteiger partial charge in [-0.1, -0.05) is 323 Å². The predicted molar refractivity (Wildman–Crippen MR) is 425 cm³/mol. The molecule has 0 spiro atoms. The van der Waals surface area contributed by atoms with E-state index in [9.17, 15) is 10.0 Å². The van der Waals surface area contributed by atoms with E-state index >= 15 is 0 Å². The molecule has 12 heteroatoms. The van der Waals surface area contributed by atoms with Crippen LogP contribution in [0.25, 0.3) is 188 Å². The summed E-state index contributed by atoms with van der Waals surface area (Å²) in [5.74, 6) is 3.09. The minimum Gasteiger partial charge on any atom is -0.455 e. The second-order valence-electron chi connectivity index (χ2n) is 25.1. The van der Waals surface area contributed by atoms with Crippen molar-refractivity contribution in [3.8, 4) is 79.2 Å². The van der Waals surface area contributed by atoms with Gasteiger partial charge < -0.3 is 18.9 Å². The summed E-state index contributed by atoms with van der Waals surface area (Å²) in [4.78, 5) is 27.5. The van der Waals surface area contributed by atoms with Gasteiger partial charge in [-0.2, -0.15) is 9.97 Å². The van der Waals surface area contributed by atoms with Crippen molar-refractivity contribution in [2.24, 2.45) is 0 Å². The summed E-state index contributed by atoms with van der Waals surface area (Å²) in [7, 11) is -1.48. The molecule has 0 fully saturated rings. The number of hydrogen-bond acceptors (Lipinski definition) is 10. The predicted octanol–water partition coefficient (Wildman–Crippen LogP) is 22.8. The summed E-state index contributed by atoms with van der Waals surface area (Å²) in [5.41, 5.74) is 12.7. The first-order valence-corrected chi connectivity index (χ1v) is 34.0. The van der Waals surface area contributed by atoms with Crippen LogP contribution in [0.2, 0.25) is 5.28 Å². The molecule has 4 aromatic heterocycles. The Bertz CT molecular complexity index is 6410. The average molecular weight is 1350 g/mol. The molecule has 4 heterocycles. The van der Waals surface area contributed by atoms with E-state index in [1.54, 1.807) is 12.1 Å². The molecule has 0 unspecified atom stereocenters. The van der Waals surface area contributed by atoms with Crippen LogP contribution in [0, 0.1) is 0 Å². The van der Waals surface area contributed by atoms with Crippen LogP contribution in [0.4, 0.5) is 0 Å². The van der Waals surface area contributed by atoms with E-state index in [4.69, 9.17) is 35.4 Å². The minimum atomic E-state index is -1.48. The highest BCUT2D eigenvalue weighted by molar-refractivity contribution is 6.58. The highest BCUT2D eigenvalue weighted by Gasteiger charge is 2.22. The SMILES string of the molecule is C.Clc1nc(-c2ccccc2)nc(-c2ccccc2)n1.OB(O)c1ccc(-c2cccc3c2oc2c3ccc3c4ccccc4c4ccccc4c32)cc1.c1ccc(-c2nc(-c3ccccc3)nc(-c3ccc(-c4cccc5c4oc4c5ccc5c6ccccc6c6ccccc6c54)cc3)n2)cc1. The van der Waals surface area contributed by atoms with Gasteiger partial charge in [-0.25, -0.2) is 19.9 Å². The summed E-state index contributed by atoms with van der Waals surface area (Å²) in [6, 6.07) is 111. The van der Waals surface area contributed by atoms with E-state index in [-0.39, 0.29) is 12.7 Å². The minimum absolute atomic E-state index is 0. The molecule has 0 saturated carbocycles. The highest BCUT2D eigenvalue weighted by Crippen LogP contribution is 2.46. The van der Waals surface area contributed by atoms with E-state index < -0.39 is 7.12 Å². The third-order valence-electron chi connectivity index (χ3n) is 19.1. The Kier molecular flexibility index (Phi) is 16.6. The van der Waals surface area contributed by atoms with Crippen LogP contribution in [0.5, 0.6) is 0 Å². The molecule has 0 aliphatic heterocycles. The van der Waals surface area contributed by atoms with E-state index in [0.717, 1.165) is 105 Å². The number of benzene rings is 16. The van der Waals surface area contributed by atoms with Crippen molar-refractivity contribution in [2.75, 3.05) is 0 Å². The Morgan fingerprint density at radius 2 is 0.466 bits per heavy atom. The summed E-state index contributed by atoms with van der Waals surface area (Å²) < 4.78 is 13.6. The highest BCUT2D eigenvalue weighted by atomic mass is 35.5. The third kappa shape index (κ3) is 11.6. The Morgan fingerprint density at radius 1 is 0.223 bits per heavy atom. The molecule has 0 atom stereocenters. The number of nitrogens with zero attached hydrogens (tertiary/aromatic N) is 6. The first-order valence-electron chi connectivity index (χ1n) is 33.6. The molecule has 10 nitrogen and oxygen atoms in total. The van der Waals surface area contributed by atoms with Crippen LogP contribution in [-0.2, 0) is 0 Å². The number of rotatable bonds is 8. The smallest absolute Gasteiger partial charge is 0.455 e.